The average Bonchev–Trinajstić information content (AvgIpc) is 2.73. The highest BCUT2D eigenvalue weighted by molar-refractivity contribution is 7.91. The minimum atomic E-state index is -2.92. The minimum Gasteiger partial charge on any atom is -0.330 e. The zero-order chi connectivity index (χ0) is 11.8. The number of nitrogens with one attached hydrogen (secondary N) is 1. The van der Waals surface area contributed by atoms with Crippen LogP contribution in [0.4, 0.5) is 0 Å². The SMILES string of the molecule is CC1(c2n[nH]c(CCN)n2)CCS(=O)(=O)C1. The lowest BCUT2D eigenvalue weighted by Gasteiger charge is -2.16. The predicted octanol–water partition coefficient (Wildman–Crippen LogP) is -0.618. The van der Waals surface area contributed by atoms with E-state index in [9.17, 15) is 8.42 Å². The first-order valence-corrected chi connectivity index (χ1v) is 7.10. The zero-order valence-electron chi connectivity index (χ0n) is 9.23. The van der Waals surface area contributed by atoms with Crippen molar-refractivity contribution >= 4 is 9.84 Å². The fourth-order valence-electron chi connectivity index (χ4n) is 2.00. The van der Waals surface area contributed by atoms with Crippen LogP contribution in [0.1, 0.15) is 25.0 Å². The monoisotopic (exact) mass is 244 g/mol. The van der Waals surface area contributed by atoms with Crippen molar-refractivity contribution in [1.29, 1.82) is 0 Å². The molecule has 0 aliphatic carbocycles. The lowest BCUT2D eigenvalue weighted by atomic mass is 9.89. The molecule has 2 heterocycles. The lowest BCUT2D eigenvalue weighted by molar-refractivity contribution is 0.502. The average molecular weight is 244 g/mol. The molecular weight excluding hydrogens is 228 g/mol. The minimum absolute atomic E-state index is 0.139. The van der Waals surface area contributed by atoms with Gasteiger partial charge in [-0.05, 0) is 13.0 Å². The second-order valence-corrected chi connectivity index (χ2v) is 6.73. The molecule has 6 nitrogen and oxygen atoms in total. The Hall–Kier alpha value is -0.950. The van der Waals surface area contributed by atoms with Gasteiger partial charge in [0, 0.05) is 11.8 Å². The van der Waals surface area contributed by atoms with Crippen molar-refractivity contribution in [2.75, 3.05) is 18.1 Å². The molecule has 1 unspecified atom stereocenters. The van der Waals surface area contributed by atoms with Crippen molar-refractivity contribution in [3.05, 3.63) is 11.6 Å². The molecule has 1 saturated heterocycles. The van der Waals surface area contributed by atoms with Crippen LogP contribution >= 0.6 is 0 Å². The fraction of sp³-hybridized carbons (Fsp3) is 0.778. The van der Waals surface area contributed by atoms with Crippen LogP contribution in [0, 0.1) is 0 Å². The summed E-state index contributed by atoms with van der Waals surface area (Å²) in [5, 5.41) is 6.90. The lowest BCUT2D eigenvalue weighted by Crippen LogP contribution is -2.25. The van der Waals surface area contributed by atoms with Crippen LogP contribution < -0.4 is 5.73 Å². The van der Waals surface area contributed by atoms with E-state index >= 15 is 0 Å². The van der Waals surface area contributed by atoms with Gasteiger partial charge in [-0.3, -0.25) is 5.10 Å². The van der Waals surface area contributed by atoms with Gasteiger partial charge in [-0.1, -0.05) is 6.92 Å². The molecule has 0 spiro atoms. The maximum Gasteiger partial charge on any atom is 0.157 e. The number of hydrogen-bond acceptors (Lipinski definition) is 5. The van der Waals surface area contributed by atoms with E-state index in [4.69, 9.17) is 5.73 Å². The van der Waals surface area contributed by atoms with Gasteiger partial charge in [-0.25, -0.2) is 13.4 Å². The van der Waals surface area contributed by atoms with Crippen molar-refractivity contribution in [1.82, 2.24) is 15.2 Å². The molecule has 7 heteroatoms. The van der Waals surface area contributed by atoms with Gasteiger partial charge in [0.1, 0.15) is 5.82 Å². The van der Waals surface area contributed by atoms with Crippen molar-refractivity contribution in [2.45, 2.75) is 25.2 Å². The topological polar surface area (TPSA) is 102 Å². The Kier molecular flexibility index (Phi) is 2.75. The summed E-state index contributed by atoms with van der Waals surface area (Å²) in [6.07, 6.45) is 1.23. The third-order valence-electron chi connectivity index (χ3n) is 2.96. The summed E-state index contributed by atoms with van der Waals surface area (Å²) < 4.78 is 22.9. The molecule has 3 N–H and O–H groups in total. The van der Waals surface area contributed by atoms with Crippen molar-refractivity contribution in [2.24, 2.45) is 5.73 Å². The van der Waals surface area contributed by atoms with Gasteiger partial charge in [0.25, 0.3) is 0 Å². The maximum absolute atomic E-state index is 11.5. The summed E-state index contributed by atoms with van der Waals surface area (Å²) in [7, 11) is -2.92. The second-order valence-electron chi connectivity index (χ2n) is 4.55. The second kappa shape index (κ2) is 3.81. The Labute approximate surface area is 94.6 Å². The highest BCUT2D eigenvalue weighted by Crippen LogP contribution is 2.33. The molecule has 0 saturated carbocycles. The Morgan fingerprint density at radius 1 is 1.56 bits per heavy atom. The first kappa shape index (κ1) is 11.5. The quantitative estimate of drug-likeness (QED) is 0.738. The summed E-state index contributed by atoms with van der Waals surface area (Å²) >= 11 is 0. The van der Waals surface area contributed by atoms with Gasteiger partial charge in [0.2, 0.25) is 0 Å². The van der Waals surface area contributed by atoms with E-state index in [1.165, 1.54) is 0 Å². The van der Waals surface area contributed by atoms with Gasteiger partial charge < -0.3 is 5.73 Å². The number of nitrogens with two attached hydrogens (primary N) is 1. The number of rotatable bonds is 3. The Morgan fingerprint density at radius 3 is 2.88 bits per heavy atom. The van der Waals surface area contributed by atoms with Crippen molar-refractivity contribution < 1.29 is 8.42 Å². The van der Waals surface area contributed by atoms with E-state index in [1.54, 1.807) is 0 Å². The van der Waals surface area contributed by atoms with Gasteiger partial charge >= 0.3 is 0 Å². The molecule has 0 bridgehead atoms. The van der Waals surface area contributed by atoms with E-state index in [0.29, 0.717) is 25.2 Å². The van der Waals surface area contributed by atoms with E-state index < -0.39 is 15.3 Å². The zero-order valence-corrected chi connectivity index (χ0v) is 10.0. The van der Waals surface area contributed by atoms with E-state index in [2.05, 4.69) is 15.2 Å². The van der Waals surface area contributed by atoms with Crippen LogP contribution in [-0.4, -0.2) is 41.6 Å². The molecule has 2 rings (SSSR count). The number of aromatic amines is 1. The summed E-state index contributed by atoms with van der Waals surface area (Å²) in [5.74, 6) is 1.68. The smallest absolute Gasteiger partial charge is 0.157 e. The Balaban J connectivity index is 2.23. The highest BCUT2D eigenvalue weighted by Gasteiger charge is 2.42. The fourth-order valence-corrected chi connectivity index (χ4v) is 4.15. The number of aromatic nitrogens is 3. The molecule has 1 aliphatic rings. The molecule has 1 atom stereocenters. The van der Waals surface area contributed by atoms with E-state index in [-0.39, 0.29) is 11.5 Å². The van der Waals surface area contributed by atoms with Crippen LogP contribution in [0.5, 0.6) is 0 Å². The molecule has 90 valence electrons. The van der Waals surface area contributed by atoms with Crippen LogP contribution in [0.3, 0.4) is 0 Å². The van der Waals surface area contributed by atoms with Crippen molar-refractivity contribution in [3.63, 3.8) is 0 Å². The Morgan fingerprint density at radius 2 is 2.31 bits per heavy atom. The standard InChI is InChI=1S/C9H16N4O2S/c1-9(3-5-16(14,15)6-9)8-11-7(2-4-10)12-13-8/h2-6,10H2,1H3,(H,11,12,13). The third kappa shape index (κ3) is 2.10. The highest BCUT2D eigenvalue weighted by atomic mass is 32.2. The summed E-state index contributed by atoms with van der Waals surface area (Å²) in [6, 6.07) is 0. The van der Waals surface area contributed by atoms with Crippen LogP contribution in [0.2, 0.25) is 0 Å². The predicted molar refractivity (Wildman–Crippen MR) is 59.8 cm³/mol. The molecule has 0 radical (unpaired) electrons. The van der Waals surface area contributed by atoms with E-state index in [1.807, 2.05) is 6.92 Å². The third-order valence-corrected chi connectivity index (χ3v) is 4.86. The molecule has 1 aliphatic heterocycles. The van der Waals surface area contributed by atoms with Gasteiger partial charge in [-0.15, -0.1) is 0 Å². The van der Waals surface area contributed by atoms with Gasteiger partial charge in [0.15, 0.2) is 15.7 Å². The first-order valence-electron chi connectivity index (χ1n) is 5.27. The Bertz CT molecular complexity index is 481. The molecule has 1 fully saturated rings. The van der Waals surface area contributed by atoms with Crippen LogP contribution in [0.25, 0.3) is 0 Å². The van der Waals surface area contributed by atoms with Crippen LogP contribution in [-0.2, 0) is 21.7 Å². The number of hydrogen-bond donors (Lipinski definition) is 2. The molecule has 0 aromatic carbocycles. The summed E-state index contributed by atoms with van der Waals surface area (Å²) in [4.78, 5) is 4.31. The summed E-state index contributed by atoms with van der Waals surface area (Å²) in [6.45, 7) is 2.40. The van der Waals surface area contributed by atoms with Gasteiger partial charge in [0.05, 0.1) is 11.5 Å². The number of H-pyrrole nitrogens is 1. The molecule has 1 aromatic heterocycles. The largest absolute Gasteiger partial charge is 0.330 e. The molecule has 0 amide bonds. The molecular formula is C9H16N4O2S. The molecule has 1 aromatic rings. The van der Waals surface area contributed by atoms with E-state index in [0.717, 1.165) is 5.82 Å². The maximum atomic E-state index is 11.5. The molecule has 16 heavy (non-hydrogen) atoms. The van der Waals surface area contributed by atoms with Crippen LogP contribution in [0.15, 0.2) is 0 Å². The first-order chi connectivity index (χ1) is 7.45. The van der Waals surface area contributed by atoms with Crippen molar-refractivity contribution in [3.8, 4) is 0 Å². The number of sulfone groups is 1. The van der Waals surface area contributed by atoms with Gasteiger partial charge in [-0.2, -0.15) is 5.10 Å². The number of nitrogens with zero attached hydrogens (tertiary/aromatic N) is 2. The summed E-state index contributed by atoms with van der Waals surface area (Å²) in [5.41, 5.74) is 4.97. The normalized spacial score (nSPS) is 28.4.